The Labute approximate surface area is 175 Å². The molecule has 0 aliphatic carbocycles. The van der Waals surface area contributed by atoms with Crippen LogP contribution in [0.1, 0.15) is 18.4 Å². The van der Waals surface area contributed by atoms with Crippen molar-refractivity contribution in [2.24, 2.45) is 0 Å². The van der Waals surface area contributed by atoms with E-state index < -0.39 is 10.0 Å². The van der Waals surface area contributed by atoms with E-state index in [9.17, 15) is 13.2 Å². The fraction of sp³-hybridized carbons (Fsp3) is 0.286. The third-order valence-corrected chi connectivity index (χ3v) is 7.46. The summed E-state index contributed by atoms with van der Waals surface area (Å²) in [6.45, 7) is 1.65. The molecule has 1 aliphatic rings. The second kappa shape index (κ2) is 8.18. The summed E-state index contributed by atoms with van der Waals surface area (Å²) in [6.07, 6.45) is 3.61. The van der Waals surface area contributed by atoms with Crippen LogP contribution in [0.5, 0.6) is 0 Å². The molecule has 152 valence electrons. The highest BCUT2D eigenvalue weighted by atomic mass is 35.5. The number of nitrogens with one attached hydrogen (secondary N) is 1. The molecule has 0 saturated carbocycles. The zero-order chi connectivity index (χ0) is 20.4. The Balaban J connectivity index is 1.47. The van der Waals surface area contributed by atoms with Gasteiger partial charge in [-0.05, 0) is 48.7 Å². The van der Waals surface area contributed by atoms with Gasteiger partial charge in [-0.2, -0.15) is 4.31 Å². The summed E-state index contributed by atoms with van der Waals surface area (Å²) in [5, 5.41) is 4.28. The lowest BCUT2D eigenvalue weighted by atomic mass is 10.2. The lowest BCUT2D eigenvalue weighted by Gasteiger charge is -2.15. The molecule has 2 heterocycles. The first-order valence-electron chi connectivity index (χ1n) is 9.54. The molecular weight excluding hydrogens is 410 g/mol. The molecular formula is C21H22ClN3O3S. The fourth-order valence-corrected chi connectivity index (χ4v) is 5.36. The Morgan fingerprint density at radius 3 is 2.59 bits per heavy atom. The van der Waals surface area contributed by atoms with E-state index in [0.717, 1.165) is 29.3 Å². The Morgan fingerprint density at radius 1 is 1.07 bits per heavy atom. The lowest BCUT2D eigenvalue weighted by Crippen LogP contribution is -2.28. The highest BCUT2D eigenvalue weighted by Crippen LogP contribution is 2.25. The number of amides is 1. The maximum Gasteiger partial charge on any atom is 0.243 e. The van der Waals surface area contributed by atoms with Gasteiger partial charge < -0.3 is 9.88 Å². The molecule has 1 aromatic heterocycles. The summed E-state index contributed by atoms with van der Waals surface area (Å²) in [6, 6.07) is 14.3. The van der Waals surface area contributed by atoms with Crippen LogP contribution >= 0.6 is 11.6 Å². The number of carbonyl (C=O) groups excluding carboxylic acids is 1. The van der Waals surface area contributed by atoms with Crippen LogP contribution in [0.2, 0.25) is 5.02 Å². The SMILES string of the molecule is O=C(Cn1ccc2cc(S(=O)(=O)N3CCCC3)ccc21)NCc1ccccc1Cl. The van der Waals surface area contributed by atoms with E-state index in [1.54, 1.807) is 30.5 Å². The number of hydrogen-bond donors (Lipinski definition) is 1. The number of hydrogen-bond acceptors (Lipinski definition) is 3. The molecule has 1 saturated heterocycles. The second-order valence-corrected chi connectivity index (χ2v) is 9.49. The van der Waals surface area contributed by atoms with E-state index in [1.807, 2.05) is 28.8 Å². The number of rotatable bonds is 6. The summed E-state index contributed by atoms with van der Waals surface area (Å²) in [5.41, 5.74) is 1.68. The summed E-state index contributed by atoms with van der Waals surface area (Å²) in [5.74, 6) is -0.142. The van der Waals surface area contributed by atoms with Crippen LogP contribution in [0.25, 0.3) is 10.9 Å². The predicted octanol–water partition coefficient (Wildman–Crippen LogP) is 3.40. The quantitative estimate of drug-likeness (QED) is 0.650. The molecule has 1 fully saturated rings. The van der Waals surface area contributed by atoms with Crippen LogP contribution in [0, 0.1) is 0 Å². The molecule has 0 unspecified atom stereocenters. The third kappa shape index (κ3) is 4.17. The van der Waals surface area contributed by atoms with Gasteiger partial charge in [-0.25, -0.2) is 8.42 Å². The van der Waals surface area contributed by atoms with E-state index in [2.05, 4.69) is 5.32 Å². The van der Waals surface area contributed by atoms with Crippen molar-refractivity contribution in [1.29, 1.82) is 0 Å². The van der Waals surface area contributed by atoms with Crippen molar-refractivity contribution >= 4 is 38.4 Å². The first kappa shape index (κ1) is 19.9. The van der Waals surface area contributed by atoms with Crippen molar-refractivity contribution in [1.82, 2.24) is 14.2 Å². The van der Waals surface area contributed by atoms with Crippen LogP contribution in [0.15, 0.2) is 59.6 Å². The van der Waals surface area contributed by atoms with Crippen molar-refractivity contribution in [3.05, 3.63) is 65.3 Å². The van der Waals surface area contributed by atoms with Crippen LogP contribution < -0.4 is 5.32 Å². The van der Waals surface area contributed by atoms with Gasteiger partial charge in [0.1, 0.15) is 6.54 Å². The molecule has 29 heavy (non-hydrogen) atoms. The Morgan fingerprint density at radius 2 is 1.83 bits per heavy atom. The molecule has 0 atom stereocenters. The van der Waals surface area contributed by atoms with E-state index in [4.69, 9.17) is 11.6 Å². The largest absolute Gasteiger partial charge is 0.350 e. The monoisotopic (exact) mass is 431 g/mol. The first-order valence-corrected chi connectivity index (χ1v) is 11.4. The van der Waals surface area contributed by atoms with Crippen molar-refractivity contribution < 1.29 is 13.2 Å². The van der Waals surface area contributed by atoms with Gasteiger partial charge in [0.25, 0.3) is 0 Å². The minimum atomic E-state index is -3.46. The van der Waals surface area contributed by atoms with Crippen LogP contribution in [0.4, 0.5) is 0 Å². The van der Waals surface area contributed by atoms with Gasteiger partial charge in [0.05, 0.1) is 4.90 Å². The topological polar surface area (TPSA) is 71.4 Å². The number of nitrogens with zero attached hydrogens (tertiary/aromatic N) is 2. The van der Waals surface area contributed by atoms with Gasteiger partial charge in [-0.15, -0.1) is 0 Å². The van der Waals surface area contributed by atoms with E-state index in [1.165, 1.54) is 4.31 Å². The first-order chi connectivity index (χ1) is 13.9. The minimum absolute atomic E-state index is 0.142. The van der Waals surface area contributed by atoms with Gasteiger partial charge >= 0.3 is 0 Å². The fourth-order valence-electron chi connectivity index (χ4n) is 3.60. The van der Waals surface area contributed by atoms with Crippen molar-refractivity contribution in [2.45, 2.75) is 30.8 Å². The molecule has 6 nitrogen and oxygen atoms in total. The van der Waals surface area contributed by atoms with E-state index in [0.29, 0.717) is 29.6 Å². The number of fused-ring (bicyclic) bond motifs is 1. The second-order valence-electron chi connectivity index (χ2n) is 7.14. The van der Waals surface area contributed by atoms with Crippen LogP contribution in [-0.2, 0) is 27.9 Å². The minimum Gasteiger partial charge on any atom is -0.350 e. The molecule has 0 radical (unpaired) electrons. The molecule has 0 bridgehead atoms. The molecule has 1 N–H and O–H groups in total. The molecule has 0 spiro atoms. The van der Waals surface area contributed by atoms with Gasteiger partial charge in [0.15, 0.2) is 0 Å². The molecule has 1 amide bonds. The molecule has 4 rings (SSSR count). The van der Waals surface area contributed by atoms with Crippen molar-refractivity contribution in [3.8, 4) is 0 Å². The third-order valence-electron chi connectivity index (χ3n) is 5.19. The maximum absolute atomic E-state index is 12.8. The van der Waals surface area contributed by atoms with Crippen LogP contribution in [-0.4, -0.2) is 36.3 Å². The maximum atomic E-state index is 12.8. The number of benzene rings is 2. The highest BCUT2D eigenvalue weighted by molar-refractivity contribution is 7.89. The van der Waals surface area contributed by atoms with Crippen molar-refractivity contribution in [2.75, 3.05) is 13.1 Å². The molecule has 3 aromatic rings. The van der Waals surface area contributed by atoms with E-state index in [-0.39, 0.29) is 12.5 Å². The van der Waals surface area contributed by atoms with Gasteiger partial charge in [0.2, 0.25) is 15.9 Å². The standard InChI is InChI=1S/C21H22ClN3O3S/c22-19-6-2-1-5-17(19)14-23-21(26)15-24-12-9-16-13-18(7-8-20(16)24)29(27,28)25-10-3-4-11-25/h1-2,5-9,12-13H,3-4,10-11,14-15H2,(H,23,26). The van der Waals surface area contributed by atoms with Crippen molar-refractivity contribution in [3.63, 3.8) is 0 Å². The van der Waals surface area contributed by atoms with E-state index >= 15 is 0 Å². The smallest absolute Gasteiger partial charge is 0.243 e. The van der Waals surface area contributed by atoms with Gasteiger partial charge in [0, 0.05) is 41.8 Å². The summed E-state index contributed by atoms with van der Waals surface area (Å²) in [7, 11) is -3.46. The summed E-state index contributed by atoms with van der Waals surface area (Å²) >= 11 is 6.12. The number of sulfonamides is 1. The lowest BCUT2D eigenvalue weighted by molar-refractivity contribution is -0.121. The number of halogens is 1. The average molecular weight is 432 g/mol. The Kier molecular flexibility index (Phi) is 5.63. The molecule has 8 heteroatoms. The predicted molar refractivity (Wildman–Crippen MR) is 113 cm³/mol. The highest BCUT2D eigenvalue weighted by Gasteiger charge is 2.27. The zero-order valence-electron chi connectivity index (χ0n) is 15.8. The summed E-state index contributed by atoms with van der Waals surface area (Å²) in [4.78, 5) is 12.7. The van der Waals surface area contributed by atoms with Crippen LogP contribution in [0.3, 0.4) is 0 Å². The van der Waals surface area contributed by atoms with Gasteiger partial charge in [-0.3, -0.25) is 4.79 Å². The average Bonchev–Trinajstić information content (AvgIpc) is 3.38. The number of carbonyl (C=O) groups is 1. The molecule has 1 aliphatic heterocycles. The number of aromatic nitrogens is 1. The van der Waals surface area contributed by atoms with Gasteiger partial charge in [-0.1, -0.05) is 29.8 Å². The Bertz CT molecular complexity index is 1150. The Hall–Kier alpha value is -2.35. The zero-order valence-corrected chi connectivity index (χ0v) is 17.4. The summed E-state index contributed by atoms with van der Waals surface area (Å²) < 4.78 is 28.9. The molecule has 2 aromatic carbocycles. The normalized spacial score (nSPS) is 15.1.